The van der Waals surface area contributed by atoms with Gasteiger partial charge >= 0.3 is 0 Å². The van der Waals surface area contributed by atoms with Crippen molar-refractivity contribution in [3.8, 4) is 5.75 Å². The van der Waals surface area contributed by atoms with E-state index in [1.165, 1.54) is 0 Å². The quantitative estimate of drug-likeness (QED) is 0.715. The molecule has 0 saturated heterocycles. The largest absolute Gasteiger partial charge is 0.491 e. The molecule has 0 radical (unpaired) electrons. The smallest absolute Gasteiger partial charge is 0.144 e. The number of aliphatic hydroxyl groups is 1. The van der Waals surface area contributed by atoms with Crippen LogP contribution < -0.4 is 15.8 Å². The number of hydrogen-bond acceptors (Lipinski definition) is 4. The number of hydrogen-bond donors (Lipinski definition) is 3. The Morgan fingerprint density at radius 1 is 1.32 bits per heavy atom. The first-order chi connectivity index (χ1) is 9.20. The predicted octanol–water partition coefficient (Wildman–Crippen LogP) is 2.77. The Morgan fingerprint density at radius 2 is 2.05 bits per heavy atom. The van der Waals surface area contributed by atoms with Gasteiger partial charge in [-0.1, -0.05) is 13.0 Å². The van der Waals surface area contributed by atoms with Gasteiger partial charge in [-0.3, -0.25) is 0 Å². The van der Waals surface area contributed by atoms with Gasteiger partial charge in [-0.15, -0.1) is 0 Å². The summed E-state index contributed by atoms with van der Waals surface area (Å²) < 4.78 is 5.63. The van der Waals surface area contributed by atoms with Crippen molar-refractivity contribution in [1.29, 1.82) is 0 Å². The van der Waals surface area contributed by atoms with Crippen LogP contribution in [0.15, 0.2) is 18.2 Å². The summed E-state index contributed by atoms with van der Waals surface area (Å²) in [6.07, 6.45) is 4.54. The van der Waals surface area contributed by atoms with E-state index in [1.807, 2.05) is 18.2 Å². The first-order valence-electron chi connectivity index (χ1n) is 7.16. The molecule has 19 heavy (non-hydrogen) atoms. The summed E-state index contributed by atoms with van der Waals surface area (Å²) in [6.45, 7) is 2.76. The number of nitrogen functional groups attached to an aromatic ring is 1. The maximum atomic E-state index is 9.52. The van der Waals surface area contributed by atoms with Gasteiger partial charge in [0.25, 0.3) is 0 Å². The molecule has 0 atom stereocenters. The van der Waals surface area contributed by atoms with Crippen molar-refractivity contribution in [3.63, 3.8) is 0 Å². The van der Waals surface area contributed by atoms with Crippen molar-refractivity contribution in [2.24, 2.45) is 0 Å². The minimum atomic E-state index is -0.130. The maximum Gasteiger partial charge on any atom is 0.144 e. The molecule has 106 valence electrons. The van der Waals surface area contributed by atoms with Gasteiger partial charge in [-0.05, 0) is 44.2 Å². The van der Waals surface area contributed by atoms with Crippen LogP contribution in [0, 0.1) is 0 Å². The topological polar surface area (TPSA) is 67.5 Å². The summed E-state index contributed by atoms with van der Waals surface area (Å²) in [4.78, 5) is 0. The zero-order valence-corrected chi connectivity index (χ0v) is 11.6. The van der Waals surface area contributed by atoms with E-state index in [-0.39, 0.29) is 6.10 Å². The van der Waals surface area contributed by atoms with E-state index in [1.54, 1.807) is 0 Å². The SMILES string of the molecule is CCCOc1cccc(NC2CCC(O)CC2)c1N. The van der Waals surface area contributed by atoms with Crippen LogP contribution >= 0.6 is 0 Å². The number of para-hydroxylation sites is 1. The molecule has 0 unspecified atom stereocenters. The molecule has 0 spiro atoms. The van der Waals surface area contributed by atoms with Crippen LogP contribution in [0.1, 0.15) is 39.0 Å². The van der Waals surface area contributed by atoms with Gasteiger partial charge in [0.05, 0.1) is 24.1 Å². The molecule has 1 aromatic rings. The summed E-state index contributed by atoms with van der Waals surface area (Å²) in [5.41, 5.74) is 7.75. The van der Waals surface area contributed by atoms with Crippen molar-refractivity contribution in [1.82, 2.24) is 0 Å². The molecule has 1 aliphatic rings. The second kappa shape index (κ2) is 6.66. The fourth-order valence-corrected chi connectivity index (χ4v) is 2.45. The fraction of sp³-hybridized carbons (Fsp3) is 0.600. The zero-order chi connectivity index (χ0) is 13.7. The Morgan fingerprint density at radius 3 is 2.74 bits per heavy atom. The minimum absolute atomic E-state index is 0.130. The molecule has 0 amide bonds. The van der Waals surface area contributed by atoms with Gasteiger partial charge in [0, 0.05) is 6.04 Å². The van der Waals surface area contributed by atoms with Gasteiger partial charge < -0.3 is 20.9 Å². The van der Waals surface area contributed by atoms with Gasteiger partial charge in [0.15, 0.2) is 0 Å². The Bertz CT molecular complexity index is 401. The summed E-state index contributed by atoms with van der Waals surface area (Å²) in [5, 5.41) is 13.0. The fourth-order valence-electron chi connectivity index (χ4n) is 2.45. The van der Waals surface area contributed by atoms with E-state index in [0.717, 1.165) is 43.5 Å². The molecule has 1 saturated carbocycles. The van der Waals surface area contributed by atoms with E-state index >= 15 is 0 Å². The molecule has 0 heterocycles. The zero-order valence-electron chi connectivity index (χ0n) is 11.6. The molecular weight excluding hydrogens is 240 g/mol. The number of ether oxygens (including phenoxy) is 1. The van der Waals surface area contributed by atoms with Crippen molar-refractivity contribution in [2.45, 2.75) is 51.2 Å². The van der Waals surface area contributed by atoms with Gasteiger partial charge in [-0.2, -0.15) is 0 Å². The molecule has 1 fully saturated rings. The normalized spacial score (nSPS) is 23.1. The van der Waals surface area contributed by atoms with Crippen LogP contribution in [0.2, 0.25) is 0 Å². The number of anilines is 2. The second-order valence-corrected chi connectivity index (χ2v) is 5.22. The Labute approximate surface area is 115 Å². The van der Waals surface area contributed by atoms with Crippen LogP contribution in [-0.4, -0.2) is 23.9 Å². The highest BCUT2D eigenvalue weighted by atomic mass is 16.5. The molecule has 2 rings (SSSR count). The molecule has 4 N–H and O–H groups in total. The highest BCUT2D eigenvalue weighted by Gasteiger charge is 2.20. The molecule has 1 aromatic carbocycles. The van der Waals surface area contributed by atoms with Crippen LogP contribution in [0.5, 0.6) is 5.75 Å². The van der Waals surface area contributed by atoms with Gasteiger partial charge in [0.2, 0.25) is 0 Å². The Balaban J connectivity index is 1.99. The molecule has 1 aliphatic carbocycles. The predicted molar refractivity (Wildman–Crippen MR) is 78.5 cm³/mol. The number of rotatable bonds is 5. The lowest BCUT2D eigenvalue weighted by molar-refractivity contribution is 0.126. The molecule has 4 heteroatoms. The van der Waals surface area contributed by atoms with Crippen molar-refractivity contribution in [2.75, 3.05) is 17.7 Å². The lowest BCUT2D eigenvalue weighted by atomic mass is 9.93. The summed E-state index contributed by atoms with van der Waals surface area (Å²) in [7, 11) is 0. The van der Waals surface area contributed by atoms with E-state index in [9.17, 15) is 5.11 Å². The second-order valence-electron chi connectivity index (χ2n) is 5.22. The monoisotopic (exact) mass is 264 g/mol. The van der Waals surface area contributed by atoms with Crippen LogP contribution in [0.3, 0.4) is 0 Å². The van der Waals surface area contributed by atoms with Crippen LogP contribution in [-0.2, 0) is 0 Å². The molecular formula is C15H24N2O2. The number of aliphatic hydroxyl groups excluding tert-OH is 1. The number of nitrogens with two attached hydrogens (primary N) is 1. The molecule has 4 nitrogen and oxygen atoms in total. The number of nitrogens with one attached hydrogen (secondary N) is 1. The van der Waals surface area contributed by atoms with Crippen molar-refractivity contribution in [3.05, 3.63) is 18.2 Å². The van der Waals surface area contributed by atoms with Crippen LogP contribution in [0.4, 0.5) is 11.4 Å². The highest BCUT2D eigenvalue weighted by molar-refractivity contribution is 5.73. The highest BCUT2D eigenvalue weighted by Crippen LogP contribution is 2.31. The van der Waals surface area contributed by atoms with Crippen LogP contribution in [0.25, 0.3) is 0 Å². The Kier molecular flexibility index (Phi) is 4.91. The molecule has 0 aliphatic heterocycles. The summed E-state index contributed by atoms with van der Waals surface area (Å²) >= 11 is 0. The van der Waals surface area contributed by atoms with Crippen molar-refractivity contribution >= 4 is 11.4 Å². The minimum Gasteiger partial charge on any atom is -0.491 e. The van der Waals surface area contributed by atoms with Gasteiger partial charge in [-0.25, -0.2) is 0 Å². The Hall–Kier alpha value is -1.42. The van der Waals surface area contributed by atoms with E-state index < -0.39 is 0 Å². The molecule has 0 aromatic heterocycles. The van der Waals surface area contributed by atoms with Gasteiger partial charge in [0.1, 0.15) is 5.75 Å². The van der Waals surface area contributed by atoms with Crippen molar-refractivity contribution < 1.29 is 9.84 Å². The standard InChI is InChI=1S/C15H24N2O2/c1-2-10-19-14-5-3-4-13(15(14)16)17-11-6-8-12(18)9-7-11/h3-5,11-12,17-18H,2,6-10,16H2,1H3. The lowest BCUT2D eigenvalue weighted by Crippen LogP contribution is -2.28. The van der Waals surface area contributed by atoms with E-state index in [0.29, 0.717) is 18.3 Å². The maximum absolute atomic E-state index is 9.52. The third-order valence-corrected chi connectivity index (χ3v) is 3.58. The third kappa shape index (κ3) is 3.77. The van der Waals surface area contributed by atoms with E-state index in [2.05, 4.69) is 12.2 Å². The average molecular weight is 264 g/mol. The third-order valence-electron chi connectivity index (χ3n) is 3.58. The lowest BCUT2D eigenvalue weighted by Gasteiger charge is -2.27. The first-order valence-corrected chi connectivity index (χ1v) is 7.16. The number of benzene rings is 1. The van der Waals surface area contributed by atoms with E-state index in [4.69, 9.17) is 10.5 Å². The summed E-state index contributed by atoms with van der Waals surface area (Å²) in [5.74, 6) is 0.752. The average Bonchev–Trinajstić information content (AvgIpc) is 2.42. The summed E-state index contributed by atoms with van der Waals surface area (Å²) in [6, 6.07) is 6.24. The first kappa shape index (κ1) is 14.0. The molecule has 0 bridgehead atoms.